The summed E-state index contributed by atoms with van der Waals surface area (Å²) in [6.07, 6.45) is 4.83. The van der Waals surface area contributed by atoms with Gasteiger partial charge in [-0.3, -0.25) is 0 Å². The number of nitrogens with zero attached hydrogens (tertiary/aromatic N) is 2. The highest BCUT2D eigenvalue weighted by Crippen LogP contribution is 2.17. The van der Waals surface area contributed by atoms with Crippen LogP contribution in [-0.2, 0) is 6.54 Å². The molecule has 0 heterocycles. The third-order valence-electron chi connectivity index (χ3n) is 3.63. The molecule has 1 saturated carbocycles. The number of benzene rings is 1. The lowest BCUT2D eigenvalue weighted by molar-refractivity contribution is 0.603. The Hall–Kier alpha value is -1.36. The molecule has 2 N–H and O–H groups in total. The summed E-state index contributed by atoms with van der Waals surface area (Å²) in [5.74, 6) is 0.350. The Labute approximate surface area is 148 Å². The molecule has 0 saturated heterocycles. The molecule has 0 aliphatic heterocycles. The van der Waals surface area contributed by atoms with Crippen molar-refractivity contribution in [2.24, 2.45) is 4.99 Å². The summed E-state index contributed by atoms with van der Waals surface area (Å²) in [6, 6.07) is 6.88. The maximum atomic E-state index is 13.8. The molecule has 120 valence electrons. The van der Waals surface area contributed by atoms with Gasteiger partial charge in [-0.1, -0.05) is 18.9 Å². The number of guanidine groups is 1. The SMILES string of the molecule is CCNC(=NCc1ccc(C#N)cc1F)NC1CCCC1.I. The predicted molar refractivity (Wildman–Crippen MR) is 96.7 cm³/mol. The Kier molecular flexibility index (Phi) is 8.17. The fourth-order valence-electron chi connectivity index (χ4n) is 2.49. The standard InChI is InChI=1S/C16H21FN4.HI/c1-2-19-16(21-14-5-3-4-6-14)20-11-13-8-7-12(10-18)9-15(13)17;/h7-9,14H,2-6,11H2,1H3,(H2,19,20,21);1H. The molecule has 6 heteroatoms. The zero-order valence-corrected chi connectivity index (χ0v) is 15.1. The van der Waals surface area contributed by atoms with Gasteiger partial charge >= 0.3 is 0 Å². The summed E-state index contributed by atoms with van der Waals surface area (Å²) in [6.45, 7) is 3.04. The van der Waals surface area contributed by atoms with Gasteiger partial charge in [-0.15, -0.1) is 24.0 Å². The number of aliphatic imine (C=N–C) groups is 1. The maximum absolute atomic E-state index is 13.8. The zero-order valence-electron chi connectivity index (χ0n) is 12.7. The number of hydrogen-bond acceptors (Lipinski definition) is 2. The van der Waals surface area contributed by atoms with E-state index in [1.54, 1.807) is 12.1 Å². The first-order chi connectivity index (χ1) is 10.2. The van der Waals surface area contributed by atoms with Crippen LogP contribution >= 0.6 is 24.0 Å². The van der Waals surface area contributed by atoms with Gasteiger partial charge < -0.3 is 10.6 Å². The van der Waals surface area contributed by atoms with Crippen LogP contribution in [0.4, 0.5) is 4.39 Å². The quantitative estimate of drug-likeness (QED) is 0.450. The average Bonchev–Trinajstić information content (AvgIpc) is 2.99. The van der Waals surface area contributed by atoms with Crippen LogP contribution in [0.5, 0.6) is 0 Å². The van der Waals surface area contributed by atoms with Crippen LogP contribution in [0, 0.1) is 17.1 Å². The summed E-state index contributed by atoms with van der Waals surface area (Å²) in [5, 5.41) is 15.3. The van der Waals surface area contributed by atoms with E-state index in [-0.39, 0.29) is 36.3 Å². The number of nitrogens with one attached hydrogen (secondary N) is 2. The second-order valence-corrected chi connectivity index (χ2v) is 5.24. The largest absolute Gasteiger partial charge is 0.357 e. The third-order valence-corrected chi connectivity index (χ3v) is 3.63. The highest BCUT2D eigenvalue weighted by molar-refractivity contribution is 14.0. The van der Waals surface area contributed by atoms with Crippen LogP contribution in [0.15, 0.2) is 23.2 Å². The summed E-state index contributed by atoms with van der Waals surface area (Å²) < 4.78 is 13.8. The van der Waals surface area contributed by atoms with Gasteiger partial charge in [0.1, 0.15) is 5.82 Å². The molecular weight excluding hydrogens is 394 g/mol. The highest BCUT2D eigenvalue weighted by Gasteiger charge is 2.15. The number of hydrogen-bond donors (Lipinski definition) is 2. The molecule has 1 aliphatic rings. The van der Waals surface area contributed by atoms with Gasteiger partial charge in [0.15, 0.2) is 5.96 Å². The van der Waals surface area contributed by atoms with Crippen molar-refractivity contribution >= 4 is 29.9 Å². The van der Waals surface area contributed by atoms with Gasteiger partial charge in [-0.05, 0) is 31.9 Å². The van der Waals surface area contributed by atoms with Crippen molar-refractivity contribution < 1.29 is 4.39 Å². The molecular formula is C16H22FIN4. The van der Waals surface area contributed by atoms with Crippen molar-refractivity contribution in [1.29, 1.82) is 5.26 Å². The summed E-state index contributed by atoms with van der Waals surface area (Å²) >= 11 is 0. The smallest absolute Gasteiger partial charge is 0.191 e. The molecule has 0 aromatic heterocycles. The molecule has 0 radical (unpaired) electrons. The Morgan fingerprint density at radius 2 is 2.14 bits per heavy atom. The van der Waals surface area contributed by atoms with Crippen LogP contribution in [0.3, 0.4) is 0 Å². The second kappa shape index (κ2) is 9.62. The fourth-order valence-corrected chi connectivity index (χ4v) is 2.49. The van der Waals surface area contributed by atoms with Crippen LogP contribution in [0.2, 0.25) is 0 Å². The summed E-state index contributed by atoms with van der Waals surface area (Å²) in [7, 11) is 0. The van der Waals surface area contributed by atoms with Crippen LogP contribution in [0.25, 0.3) is 0 Å². The van der Waals surface area contributed by atoms with Crippen molar-refractivity contribution in [3.8, 4) is 6.07 Å². The zero-order chi connectivity index (χ0) is 15.1. The second-order valence-electron chi connectivity index (χ2n) is 5.24. The first-order valence-electron chi connectivity index (χ1n) is 7.46. The molecule has 22 heavy (non-hydrogen) atoms. The van der Waals surface area contributed by atoms with Crippen molar-refractivity contribution in [3.05, 3.63) is 35.1 Å². The van der Waals surface area contributed by atoms with E-state index in [0.29, 0.717) is 17.2 Å². The Morgan fingerprint density at radius 3 is 2.73 bits per heavy atom. The molecule has 1 aromatic rings. The van der Waals surface area contributed by atoms with E-state index in [1.165, 1.54) is 18.9 Å². The van der Waals surface area contributed by atoms with Crippen LogP contribution < -0.4 is 10.6 Å². The lowest BCUT2D eigenvalue weighted by atomic mass is 10.1. The van der Waals surface area contributed by atoms with E-state index in [1.807, 2.05) is 13.0 Å². The van der Waals surface area contributed by atoms with E-state index >= 15 is 0 Å². The van der Waals surface area contributed by atoms with Crippen molar-refractivity contribution in [2.45, 2.75) is 45.2 Å². The first-order valence-corrected chi connectivity index (χ1v) is 7.46. The topological polar surface area (TPSA) is 60.2 Å². The molecule has 0 unspecified atom stereocenters. The Morgan fingerprint density at radius 1 is 1.41 bits per heavy atom. The maximum Gasteiger partial charge on any atom is 0.191 e. The number of rotatable bonds is 4. The monoisotopic (exact) mass is 416 g/mol. The first kappa shape index (κ1) is 18.7. The van der Waals surface area contributed by atoms with Gasteiger partial charge in [0.2, 0.25) is 0 Å². The van der Waals surface area contributed by atoms with E-state index in [9.17, 15) is 4.39 Å². The van der Waals surface area contributed by atoms with Crippen molar-refractivity contribution in [2.75, 3.05) is 6.54 Å². The normalized spacial score (nSPS) is 15.0. The number of nitriles is 1. The minimum atomic E-state index is -0.380. The minimum Gasteiger partial charge on any atom is -0.357 e. The van der Waals surface area contributed by atoms with Gasteiger partial charge in [0.05, 0.1) is 18.2 Å². The fraction of sp³-hybridized carbons (Fsp3) is 0.500. The van der Waals surface area contributed by atoms with E-state index in [0.717, 1.165) is 25.3 Å². The molecule has 0 bridgehead atoms. The van der Waals surface area contributed by atoms with E-state index in [4.69, 9.17) is 5.26 Å². The van der Waals surface area contributed by atoms with Gasteiger partial charge in [-0.25, -0.2) is 9.38 Å². The van der Waals surface area contributed by atoms with Gasteiger partial charge in [-0.2, -0.15) is 5.26 Å². The average molecular weight is 416 g/mol. The molecule has 1 aliphatic carbocycles. The third kappa shape index (κ3) is 5.44. The molecule has 1 aromatic carbocycles. The molecule has 1 fully saturated rings. The van der Waals surface area contributed by atoms with E-state index in [2.05, 4.69) is 15.6 Å². The van der Waals surface area contributed by atoms with Crippen molar-refractivity contribution in [1.82, 2.24) is 10.6 Å². The molecule has 0 spiro atoms. The molecule has 0 amide bonds. The summed E-state index contributed by atoms with van der Waals surface area (Å²) in [5.41, 5.74) is 0.828. The van der Waals surface area contributed by atoms with E-state index < -0.39 is 0 Å². The van der Waals surface area contributed by atoms with Gasteiger partial charge in [0.25, 0.3) is 0 Å². The van der Waals surface area contributed by atoms with Gasteiger partial charge in [0, 0.05) is 18.2 Å². The molecule has 2 rings (SSSR count). The number of halogens is 2. The Balaban J connectivity index is 0.00000242. The lowest BCUT2D eigenvalue weighted by Crippen LogP contribution is -2.42. The highest BCUT2D eigenvalue weighted by atomic mass is 127. The molecule has 4 nitrogen and oxygen atoms in total. The minimum absolute atomic E-state index is 0. The predicted octanol–water partition coefficient (Wildman–Crippen LogP) is 3.31. The lowest BCUT2D eigenvalue weighted by Gasteiger charge is -2.16. The molecule has 0 atom stereocenters. The van der Waals surface area contributed by atoms with Crippen molar-refractivity contribution in [3.63, 3.8) is 0 Å². The van der Waals surface area contributed by atoms with Crippen LogP contribution in [0.1, 0.15) is 43.7 Å². The Bertz CT molecular complexity index is 548. The summed E-state index contributed by atoms with van der Waals surface area (Å²) in [4.78, 5) is 4.44. The van der Waals surface area contributed by atoms with Crippen LogP contribution in [-0.4, -0.2) is 18.5 Å².